The summed E-state index contributed by atoms with van der Waals surface area (Å²) < 4.78 is 18.9. The summed E-state index contributed by atoms with van der Waals surface area (Å²) in [6, 6.07) is 9.72. The average Bonchev–Trinajstić information content (AvgIpc) is 3.27. The molecule has 8 heteroatoms. The van der Waals surface area contributed by atoms with Crippen molar-refractivity contribution < 1.29 is 23.8 Å². The molecule has 2 aliphatic rings. The first-order valence-electron chi connectivity index (χ1n) is 10.6. The van der Waals surface area contributed by atoms with Gasteiger partial charge in [-0.2, -0.15) is 0 Å². The van der Waals surface area contributed by atoms with E-state index in [1.54, 1.807) is 21.3 Å². The molecule has 5 rings (SSSR count). The van der Waals surface area contributed by atoms with Gasteiger partial charge in [-0.1, -0.05) is 12.1 Å². The van der Waals surface area contributed by atoms with E-state index >= 15 is 0 Å². The number of aryl methyl sites for hydroxylation is 1. The molecule has 3 heterocycles. The minimum atomic E-state index is -0.480. The topological polar surface area (TPSA) is 82.0 Å². The number of nitrogens with zero attached hydrogens (tertiary/aromatic N) is 2. The molecule has 0 bridgehead atoms. The Morgan fingerprint density at radius 2 is 1.79 bits per heavy atom. The molecule has 1 unspecified atom stereocenters. The third kappa shape index (κ3) is 2.90. The molecule has 1 aromatic heterocycles. The number of anilines is 1. The molecular formula is C25H25N3O5. The van der Waals surface area contributed by atoms with Crippen LogP contribution in [0.3, 0.4) is 0 Å². The van der Waals surface area contributed by atoms with Crippen molar-refractivity contribution in [1.82, 2.24) is 9.47 Å². The van der Waals surface area contributed by atoms with E-state index in [1.807, 2.05) is 48.1 Å². The largest absolute Gasteiger partial charge is 0.493 e. The summed E-state index contributed by atoms with van der Waals surface area (Å²) in [5.74, 6) is 0.383. The first kappa shape index (κ1) is 20.9. The summed E-state index contributed by atoms with van der Waals surface area (Å²) in [5, 5.41) is 4.48. The van der Waals surface area contributed by atoms with Gasteiger partial charge in [0.2, 0.25) is 11.7 Å². The van der Waals surface area contributed by atoms with Gasteiger partial charge >= 0.3 is 0 Å². The van der Waals surface area contributed by atoms with Gasteiger partial charge in [-0.15, -0.1) is 0 Å². The summed E-state index contributed by atoms with van der Waals surface area (Å²) in [6.45, 7) is 1.60. The smallest absolute Gasteiger partial charge is 0.259 e. The quantitative estimate of drug-likeness (QED) is 0.660. The lowest BCUT2D eigenvalue weighted by Crippen LogP contribution is -2.33. The minimum absolute atomic E-state index is 0.197. The SMILES string of the molecule is COc1ccc(C2C3=C(CN(C(C)=O)C3=O)Nc3cccc4c3c2cn4C)c(OC)c1OC. The Balaban J connectivity index is 1.85. The maximum Gasteiger partial charge on any atom is 0.259 e. The first-order chi connectivity index (χ1) is 15.9. The Hall–Kier alpha value is -3.94. The Morgan fingerprint density at radius 3 is 2.45 bits per heavy atom. The molecule has 0 saturated carbocycles. The summed E-state index contributed by atoms with van der Waals surface area (Å²) in [4.78, 5) is 27.1. The zero-order valence-electron chi connectivity index (χ0n) is 19.2. The van der Waals surface area contributed by atoms with Crippen LogP contribution in [0.5, 0.6) is 17.2 Å². The fourth-order valence-corrected chi connectivity index (χ4v) is 5.04. The van der Waals surface area contributed by atoms with Crippen molar-refractivity contribution in [1.29, 1.82) is 0 Å². The van der Waals surface area contributed by atoms with Crippen LogP contribution in [0.4, 0.5) is 5.69 Å². The Labute approximate surface area is 191 Å². The summed E-state index contributed by atoms with van der Waals surface area (Å²) in [6.07, 6.45) is 2.04. The molecule has 0 spiro atoms. The van der Waals surface area contributed by atoms with Gasteiger partial charge in [0.25, 0.3) is 5.91 Å². The van der Waals surface area contributed by atoms with Gasteiger partial charge in [0, 0.05) is 48.4 Å². The maximum absolute atomic E-state index is 13.6. The van der Waals surface area contributed by atoms with Crippen LogP contribution in [0.1, 0.15) is 24.0 Å². The molecule has 8 nitrogen and oxygen atoms in total. The van der Waals surface area contributed by atoms with Crippen LogP contribution in [-0.2, 0) is 16.6 Å². The predicted molar refractivity (Wildman–Crippen MR) is 124 cm³/mol. The standard InChI is InChI=1S/C25H25N3O5/c1-13(29)28-12-17-22(25(28)30)20(14-9-10-19(31-3)24(33-5)23(14)32-4)15-11-27(2)18-8-6-7-16(26-17)21(15)18/h6-11,20,26H,12H2,1-5H3. The van der Waals surface area contributed by atoms with E-state index < -0.39 is 5.92 Å². The fourth-order valence-electron chi connectivity index (χ4n) is 5.04. The number of hydrogen-bond donors (Lipinski definition) is 1. The van der Waals surface area contributed by atoms with Crippen molar-refractivity contribution in [3.05, 3.63) is 58.9 Å². The number of rotatable bonds is 4. The van der Waals surface area contributed by atoms with Crippen molar-refractivity contribution in [3.63, 3.8) is 0 Å². The van der Waals surface area contributed by atoms with Crippen molar-refractivity contribution in [2.45, 2.75) is 12.8 Å². The second-order valence-corrected chi connectivity index (χ2v) is 8.18. The van der Waals surface area contributed by atoms with Crippen LogP contribution < -0.4 is 19.5 Å². The van der Waals surface area contributed by atoms with E-state index in [1.165, 1.54) is 11.8 Å². The highest BCUT2D eigenvalue weighted by Crippen LogP contribution is 2.51. The highest BCUT2D eigenvalue weighted by Gasteiger charge is 2.43. The van der Waals surface area contributed by atoms with Crippen molar-refractivity contribution >= 4 is 28.4 Å². The van der Waals surface area contributed by atoms with Gasteiger partial charge in [-0.3, -0.25) is 14.5 Å². The van der Waals surface area contributed by atoms with Crippen LogP contribution in [0.25, 0.3) is 10.9 Å². The van der Waals surface area contributed by atoms with Crippen molar-refractivity contribution in [2.75, 3.05) is 33.2 Å². The van der Waals surface area contributed by atoms with Crippen LogP contribution >= 0.6 is 0 Å². The molecule has 170 valence electrons. The fraction of sp³-hybridized carbons (Fsp3) is 0.280. The minimum Gasteiger partial charge on any atom is -0.493 e. The van der Waals surface area contributed by atoms with Gasteiger partial charge in [0.05, 0.1) is 39.0 Å². The van der Waals surface area contributed by atoms with Crippen LogP contribution in [0.2, 0.25) is 0 Å². The van der Waals surface area contributed by atoms with Crippen LogP contribution in [-0.4, -0.2) is 49.2 Å². The highest BCUT2D eigenvalue weighted by atomic mass is 16.5. The molecular weight excluding hydrogens is 422 g/mol. The number of ether oxygens (including phenoxy) is 3. The molecule has 2 aliphatic heterocycles. The van der Waals surface area contributed by atoms with Crippen LogP contribution in [0.15, 0.2) is 47.8 Å². The van der Waals surface area contributed by atoms with Gasteiger partial charge in [-0.05, 0) is 23.8 Å². The summed E-state index contributed by atoms with van der Waals surface area (Å²) in [5.41, 5.74) is 4.88. The third-order valence-corrected chi connectivity index (χ3v) is 6.47. The van der Waals surface area contributed by atoms with E-state index in [-0.39, 0.29) is 18.4 Å². The second kappa shape index (κ2) is 7.58. The monoisotopic (exact) mass is 447 g/mol. The molecule has 0 aliphatic carbocycles. The molecule has 1 N–H and O–H groups in total. The number of carbonyl (C=O) groups is 2. The molecule has 33 heavy (non-hydrogen) atoms. The number of methoxy groups -OCH3 is 3. The summed E-state index contributed by atoms with van der Waals surface area (Å²) in [7, 11) is 6.67. The number of amides is 2. The van der Waals surface area contributed by atoms with Gasteiger partial charge in [-0.25, -0.2) is 0 Å². The molecule has 2 amide bonds. The van der Waals surface area contributed by atoms with E-state index in [0.29, 0.717) is 28.5 Å². The lowest BCUT2D eigenvalue weighted by molar-refractivity contribution is -0.139. The maximum atomic E-state index is 13.6. The average molecular weight is 447 g/mol. The zero-order chi connectivity index (χ0) is 23.4. The van der Waals surface area contributed by atoms with Gasteiger partial charge in [0.15, 0.2) is 11.5 Å². The van der Waals surface area contributed by atoms with E-state index in [0.717, 1.165) is 27.7 Å². The number of aromatic nitrogens is 1. The van der Waals surface area contributed by atoms with E-state index in [9.17, 15) is 9.59 Å². The Morgan fingerprint density at radius 1 is 1.03 bits per heavy atom. The molecule has 0 radical (unpaired) electrons. The summed E-state index contributed by atoms with van der Waals surface area (Å²) >= 11 is 0. The predicted octanol–water partition coefficient (Wildman–Crippen LogP) is 3.40. The first-order valence-corrected chi connectivity index (χ1v) is 10.6. The molecule has 0 fully saturated rings. The zero-order valence-corrected chi connectivity index (χ0v) is 19.2. The molecule has 0 saturated heterocycles. The lowest BCUT2D eigenvalue weighted by Gasteiger charge is -2.23. The number of nitrogens with one attached hydrogen (secondary N) is 1. The number of hydrogen-bond acceptors (Lipinski definition) is 6. The molecule has 2 aromatic carbocycles. The second-order valence-electron chi connectivity index (χ2n) is 8.18. The third-order valence-electron chi connectivity index (χ3n) is 6.47. The normalized spacial score (nSPS) is 17.1. The van der Waals surface area contributed by atoms with Crippen molar-refractivity contribution in [2.24, 2.45) is 7.05 Å². The molecule has 3 aromatic rings. The van der Waals surface area contributed by atoms with Crippen molar-refractivity contribution in [3.8, 4) is 17.2 Å². The van der Waals surface area contributed by atoms with E-state index in [4.69, 9.17) is 14.2 Å². The number of imide groups is 1. The van der Waals surface area contributed by atoms with Gasteiger partial charge in [0.1, 0.15) is 0 Å². The Bertz CT molecular complexity index is 1350. The lowest BCUT2D eigenvalue weighted by atomic mass is 9.83. The molecule has 1 atom stereocenters. The van der Waals surface area contributed by atoms with E-state index in [2.05, 4.69) is 5.32 Å². The Kier molecular flexibility index (Phi) is 4.81. The number of benzene rings is 2. The van der Waals surface area contributed by atoms with Gasteiger partial charge < -0.3 is 24.1 Å². The highest BCUT2D eigenvalue weighted by molar-refractivity contribution is 6.11. The number of carbonyl (C=O) groups excluding carboxylic acids is 2. The van der Waals surface area contributed by atoms with Crippen LogP contribution in [0, 0.1) is 0 Å².